The number of rotatable bonds is 9. The van der Waals surface area contributed by atoms with E-state index in [0.29, 0.717) is 11.5 Å². The van der Waals surface area contributed by atoms with Crippen LogP contribution in [-0.4, -0.2) is 42.8 Å². The number of ketones is 1. The molecule has 3 aromatic carbocycles. The molecule has 1 heterocycles. The Morgan fingerprint density at radius 1 is 0.778 bits per heavy atom. The number of likely N-dealkylation sites (tertiary alicyclic amines) is 1. The summed E-state index contributed by atoms with van der Waals surface area (Å²) in [4.78, 5) is 40.7. The molecule has 7 nitrogen and oxygen atoms in total. The van der Waals surface area contributed by atoms with E-state index in [1.54, 1.807) is 45.4 Å². The minimum Gasteiger partial charge on any atom is -0.497 e. The van der Waals surface area contributed by atoms with Crippen molar-refractivity contribution in [1.82, 2.24) is 4.90 Å². The second-order valence-electron chi connectivity index (χ2n) is 8.72. The van der Waals surface area contributed by atoms with Crippen LogP contribution in [0.5, 0.6) is 11.5 Å². The van der Waals surface area contributed by atoms with Gasteiger partial charge in [-0.1, -0.05) is 54.6 Å². The Labute approximate surface area is 210 Å². The Kier molecular flexibility index (Phi) is 7.38. The monoisotopic (exact) mass is 487 g/mol. The molecule has 0 aliphatic carbocycles. The highest BCUT2D eigenvalue weighted by Crippen LogP contribution is 2.42. The Morgan fingerprint density at radius 2 is 1.28 bits per heavy atom. The molecule has 36 heavy (non-hydrogen) atoms. The second kappa shape index (κ2) is 10.6. The summed E-state index contributed by atoms with van der Waals surface area (Å²) in [7, 11) is 3.15. The normalized spacial score (nSPS) is 17.8. The first-order valence-electron chi connectivity index (χ1n) is 11.7. The van der Waals surface area contributed by atoms with Crippen LogP contribution in [0, 0.1) is 5.92 Å². The fraction of sp³-hybridized carbons (Fsp3) is 0.276. The van der Waals surface area contributed by atoms with Crippen molar-refractivity contribution in [2.24, 2.45) is 5.92 Å². The number of carbonyl (C=O) groups is 3. The van der Waals surface area contributed by atoms with Gasteiger partial charge in [0.2, 0.25) is 5.91 Å². The summed E-state index contributed by atoms with van der Waals surface area (Å²) < 4.78 is 16.3. The van der Waals surface area contributed by atoms with Gasteiger partial charge in [-0.15, -0.1) is 0 Å². The van der Waals surface area contributed by atoms with E-state index in [0.717, 1.165) is 16.7 Å². The van der Waals surface area contributed by atoms with E-state index < -0.39 is 36.0 Å². The van der Waals surface area contributed by atoms with E-state index in [2.05, 4.69) is 0 Å². The lowest BCUT2D eigenvalue weighted by atomic mass is 9.80. The summed E-state index contributed by atoms with van der Waals surface area (Å²) in [6.45, 7) is 3.10. The molecule has 0 radical (unpaired) electrons. The molecule has 0 N–H and O–H groups in total. The molecule has 1 fully saturated rings. The number of ether oxygens (including phenoxy) is 3. The highest BCUT2D eigenvalue weighted by atomic mass is 16.5. The van der Waals surface area contributed by atoms with Gasteiger partial charge in [0.05, 0.1) is 20.3 Å². The molecule has 1 amide bonds. The van der Waals surface area contributed by atoms with Crippen LogP contribution >= 0.6 is 0 Å². The lowest BCUT2D eigenvalue weighted by molar-refractivity contribution is -0.181. The lowest BCUT2D eigenvalue weighted by Crippen LogP contribution is -2.67. The van der Waals surface area contributed by atoms with Crippen molar-refractivity contribution in [1.29, 1.82) is 0 Å². The van der Waals surface area contributed by atoms with E-state index in [1.807, 2.05) is 54.6 Å². The van der Waals surface area contributed by atoms with Crippen molar-refractivity contribution in [3.05, 3.63) is 95.6 Å². The number of hydrogen-bond acceptors (Lipinski definition) is 6. The Bertz CT molecular complexity index is 1180. The van der Waals surface area contributed by atoms with Gasteiger partial charge in [0.1, 0.15) is 35.3 Å². The topological polar surface area (TPSA) is 82.1 Å². The van der Waals surface area contributed by atoms with Gasteiger partial charge in [-0.25, -0.2) is 4.79 Å². The van der Waals surface area contributed by atoms with E-state index in [4.69, 9.17) is 14.2 Å². The van der Waals surface area contributed by atoms with E-state index in [1.165, 1.54) is 11.8 Å². The first kappa shape index (κ1) is 25.0. The van der Waals surface area contributed by atoms with Crippen molar-refractivity contribution >= 4 is 17.7 Å². The number of esters is 1. The number of β-lactam (4-membered cyclic amide) rings is 1. The number of nitrogens with zero attached hydrogens (tertiary/aromatic N) is 1. The van der Waals surface area contributed by atoms with Crippen molar-refractivity contribution < 1.29 is 28.6 Å². The van der Waals surface area contributed by atoms with Gasteiger partial charge < -0.3 is 19.1 Å². The van der Waals surface area contributed by atoms with Crippen LogP contribution in [0.2, 0.25) is 0 Å². The third kappa shape index (κ3) is 4.82. The van der Waals surface area contributed by atoms with Crippen LogP contribution in [-0.2, 0) is 19.1 Å². The molecule has 7 heteroatoms. The molecule has 0 spiro atoms. The summed E-state index contributed by atoms with van der Waals surface area (Å²) in [5.41, 5.74) is 2.36. The predicted octanol–water partition coefficient (Wildman–Crippen LogP) is 4.51. The number of benzene rings is 3. The van der Waals surface area contributed by atoms with Gasteiger partial charge in [-0.3, -0.25) is 9.59 Å². The summed E-state index contributed by atoms with van der Waals surface area (Å²) in [5, 5.41) is 0. The van der Waals surface area contributed by atoms with E-state index in [9.17, 15) is 14.4 Å². The van der Waals surface area contributed by atoms with Gasteiger partial charge in [0, 0.05) is 0 Å². The second-order valence-corrected chi connectivity index (χ2v) is 8.72. The highest BCUT2D eigenvalue weighted by molar-refractivity contribution is 6.11. The Morgan fingerprint density at radius 3 is 1.72 bits per heavy atom. The summed E-state index contributed by atoms with van der Waals surface area (Å²) >= 11 is 0. The van der Waals surface area contributed by atoms with Crippen molar-refractivity contribution in [3.63, 3.8) is 0 Å². The van der Waals surface area contributed by atoms with Crippen LogP contribution in [0.1, 0.15) is 42.7 Å². The lowest BCUT2D eigenvalue weighted by Gasteiger charge is -2.49. The SMILES string of the molecule is COc1ccc(C(c2ccc(OC)cc2)N2C(=O)[C@H](C(C)=O)[C@H]2C(=O)O[C@@H](C)c2ccccc2)cc1. The van der Waals surface area contributed by atoms with Crippen LogP contribution in [0.25, 0.3) is 0 Å². The molecular formula is C29H29NO6. The number of hydrogen-bond donors (Lipinski definition) is 0. The zero-order valence-corrected chi connectivity index (χ0v) is 20.7. The molecule has 186 valence electrons. The van der Waals surface area contributed by atoms with Crippen LogP contribution in [0.3, 0.4) is 0 Å². The van der Waals surface area contributed by atoms with E-state index >= 15 is 0 Å². The zero-order valence-electron chi connectivity index (χ0n) is 20.7. The summed E-state index contributed by atoms with van der Waals surface area (Å²) in [5.74, 6) is -1.15. The standard InChI is InChI=1S/C29H29NO6/c1-18(31)25-27(29(33)36-19(2)20-8-6-5-7-9-20)30(28(25)32)26(21-10-14-23(34-3)15-11-21)22-12-16-24(35-4)17-13-22/h5-17,19,25-27H,1-4H3/t19-,25+,27-/m0/s1. The Hall–Kier alpha value is -4.13. The summed E-state index contributed by atoms with van der Waals surface area (Å²) in [6, 6.07) is 22.2. The molecular weight excluding hydrogens is 458 g/mol. The van der Waals surface area contributed by atoms with Gasteiger partial charge in [-0.05, 0) is 54.8 Å². The fourth-order valence-electron chi connectivity index (χ4n) is 4.57. The molecule has 1 aliphatic heterocycles. The number of amides is 1. The van der Waals surface area contributed by atoms with Crippen molar-refractivity contribution in [2.45, 2.75) is 32.0 Å². The average molecular weight is 488 g/mol. The molecule has 3 aromatic rings. The first-order valence-corrected chi connectivity index (χ1v) is 11.7. The maximum atomic E-state index is 13.4. The minimum atomic E-state index is -1.08. The van der Waals surface area contributed by atoms with Crippen LogP contribution in [0.15, 0.2) is 78.9 Å². The maximum Gasteiger partial charge on any atom is 0.330 e. The van der Waals surface area contributed by atoms with Crippen molar-refractivity contribution in [3.8, 4) is 11.5 Å². The van der Waals surface area contributed by atoms with E-state index in [-0.39, 0.29) is 5.78 Å². The molecule has 0 aromatic heterocycles. The third-order valence-corrected chi connectivity index (χ3v) is 6.52. The maximum absolute atomic E-state index is 13.4. The molecule has 0 bridgehead atoms. The van der Waals surface area contributed by atoms with Gasteiger partial charge >= 0.3 is 5.97 Å². The quantitative estimate of drug-likeness (QED) is 0.251. The molecule has 1 aliphatic rings. The smallest absolute Gasteiger partial charge is 0.330 e. The zero-order chi connectivity index (χ0) is 25.8. The minimum absolute atomic E-state index is 0.367. The summed E-state index contributed by atoms with van der Waals surface area (Å²) in [6.07, 6.45) is -0.538. The van der Waals surface area contributed by atoms with Crippen molar-refractivity contribution in [2.75, 3.05) is 14.2 Å². The van der Waals surface area contributed by atoms with Gasteiger partial charge in [-0.2, -0.15) is 0 Å². The average Bonchev–Trinajstić information content (AvgIpc) is 2.90. The van der Waals surface area contributed by atoms with Crippen LogP contribution in [0.4, 0.5) is 0 Å². The first-order chi connectivity index (χ1) is 17.3. The Balaban J connectivity index is 1.72. The molecule has 4 rings (SSSR count). The molecule has 0 saturated carbocycles. The molecule has 3 atom stereocenters. The van der Waals surface area contributed by atoms with Gasteiger partial charge in [0.25, 0.3) is 0 Å². The molecule has 0 unspecified atom stereocenters. The van der Waals surface area contributed by atoms with Crippen LogP contribution < -0.4 is 9.47 Å². The third-order valence-electron chi connectivity index (χ3n) is 6.52. The molecule has 1 saturated heterocycles. The largest absolute Gasteiger partial charge is 0.497 e. The predicted molar refractivity (Wildman–Crippen MR) is 134 cm³/mol. The highest BCUT2D eigenvalue weighted by Gasteiger charge is 2.57. The number of carbonyl (C=O) groups excluding carboxylic acids is 3. The number of Topliss-reactive ketones (excluding diaryl/α,β-unsaturated/α-hetero) is 1. The fourth-order valence-corrected chi connectivity index (χ4v) is 4.57. The van der Waals surface area contributed by atoms with Gasteiger partial charge in [0.15, 0.2) is 0 Å². The number of methoxy groups -OCH3 is 2.